The Hall–Kier alpha value is 0.270. The van der Waals surface area contributed by atoms with Crippen LogP contribution in [0.15, 0.2) is 0 Å². The van der Waals surface area contributed by atoms with Crippen LogP contribution in [0.3, 0.4) is 0 Å². The zero-order chi connectivity index (χ0) is 9.94. The predicted octanol–water partition coefficient (Wildman–Crippen LogP) is 1.74. The van der Waals surface area contributed by atoms with Gasteiger partial charge in [-0.15, -0.1) is 0 Å². The van der Waals surface area contributed by atoms with Crippen LogP contribution in [0.5, 0.6) is 0 Å². The average molecular weight is 205 g/mol. The molecule has 0 rings (SSSR count). The number of hydrogen-bond acceptors (Lipinski definition) is 3. The largest absolute Gasteiger partial charge is 0.396 e. The van der Waals surface area contributed by atoms with Crippen LogP contribution < -0.4 is 5.32 Å². The lowest BCUT2D eigenvalue weighted by molar-refractivity contribution is 0.248. The molecule has 2 nitrogen and oxygen atoms in total. The van der Waals surface area contributed by atoms with Gasteiger partial charge in [0.1, 0.15) is 0 Å². The van der Waals surface area contributed by atoms with Gasteiger partial charge in [0, 0.05) is 18.9 Å². The van der Waals surface area contributed by atoms with Gasteiger partial charge in [0.2, 0.25) is 0 Å². The minimum Gasteiger partial charge on any atom is -0.396 e. The van der Waals surface area contributed by atoms with E-state index in [-0.39, 0.29) is 0 Å². The van der Waals surface area contributed by atoms with E-state index in [2.05, 4.69) is 18.5 Å². The third kappa shape index (κ3) is 8.60. The molecule has 3 heteroatoms. The molecule has 0 spiro atoms. The molecule has 0 amide bonds. The Morgan fingerprint density at radius 2 is 2.15 bits per heavy atom. The predicted molar refractivity (Wildman–Crippen MR) is 61.4 cm³/mol. The zero-order valence-electron chi connectivity index (χ0n) is 8.88. The third-order valence-electron chi connectivity index (χ3n) is 2.15. The summed E-state index contributed by atoms with van der Waals surface area (Å²) in [5.41, 5.74) is 0. The lowest BCUT2D eigenvalue weighted by atomic mass is 10.0. The van der Waals surface area contributed by atoms with E-state index in [0.717, 1.165) is 19.5 Å². The van der Waals surface area contributed by atoms with Crippen LogP contribution in [0, 0.1) is 5.92 Å². The fraction of sp³-hybridized carbons (Fsp3) is 1.00. The van der Waals surface area contributed by atoms with E-state index in [9.17, 15) is 0 Å². The molecule has 13 heavy (non-hydrogen) atoms. The summed E-state index contributed by atoms with van der Waals surface area (Å²) in [5, 5.41) is 12.3. The maximum atomic E-state index is 8.83. The van der Waals surface area contributed by atoms with Crippen LogP contribution in [0.25, 0.3) is 0 Å². The van der Waals surface area contributed by atoms with Crippen LogP contribution in [-0.4, -0.2) is 36.8 Å². The highest BCUT2D eigenvalue weighted by Gasteiger charge is 2.05. The van der Waals surface area contributed by atoms with Crippen molar-refractivity contribution in [2.45, 2.75) is 26.2 Å². The quantitative estimate of drug-likeness (QED) is 0.562. The first-order valence-corrected chi connectivity index (χ1v) is 6.55. The Bertz CT molecular complexity index is 94.9. The maximum Gasteiger partial charge on any atom is 0.0434 e. The SMILES string of the molecule is CCCC(CCO)CNCCSC. The molecule has 0 aromatic rings. The van der Waals surface area contributed by atoms with Gasteiger partial charge < -0.3 is 10.4 Å². The summed E-state index contributed by atoms with van der Waals surface area (Å²) in [4.78, 5) is 0. The number of rotatable bonds is 9. The highest BCUT2D eigenvalue weighted by atomic mass is 32.2. The summed E-state index contributed by atoms with van der Waals surface area (Å²) in [6.07, 6.45) is 5.51. The number of hydrogen-bond donors (Lipinski definition) is 2. The molecule has 0 saturated heterocycles. The Kier molecular flexibility index (Phi) is 10.6. The van der Waals surface area contributed by atoms with Gasteiger partial charge >= 0.3 is 0 Å². The highest BCUT2D eigenvalue weighted by Crippen LogP contribution is 2.09. The molecule has 80 valence electrons. The van der Waals surface area contributed by atoms with Gasteiger partial charge in [-0.2, -0.15) is 11.8 Å². The van der Waals surface area contributed by atoms with E-state index in [1.54, 1.807) is 0 Å². The van der Waals surface area contributed by atoms with Crippen molar-refractivity contribution in [2.24, 2.45) is 5.92 Å². The standard InChI is InChI=1S/C10H23NOS/c1-3-4-10(5-7-12)9-11-6-8-13-2/h10-12H,3-9H2,1-2H3. The van der Waals surface area contributed by atoms with Crippen molar-refractivity contribution in [3.8, 4) is 0 Å². The fourth-order valence-electron chi connectivity index (χ4n) is 1.42. The summed E-state index contributed by atoms with van der Waals surface area (Å²) >= 11 is 1.87. The van der Waals surface area contributed by atoms with E-state index >= 15 is 0 Å². The molecule has 2 N–H and O–H groups in total. The van der Waals surface area contributed by atoms with E-state index in [0.29, 0.717) is 12.5 Å². The Morgan fingerprint density at radius 1 is 1.38 bits per heavy atom. The summed E-state index contributed by atoms with van der Waals surface area (Å²) < 4.78 is 0. The normalized spacial score (nSPS) is 13.2. The second-order valence-electron chi connectivity index (χ2n) is 3.36. The second-order valence-corrected chi connectivity index (χ2v) is 4.35. The molecule has 0 aromatic carbocycles. The van der Waals surface area contributed by atoms with Crippen LogP contribution in [0.4, 0.5) is 0 Å². The van der Waals surface area contributed by atoms with E-state index < -0.39 is 0 Å². The second kappa shape index (κ2) is 10.4. The molecule has 0 saturated carbocycles. The minimum atomic E-state index is 0.328. The number of aliphatic hydroxyl groups excluding tert-OH is 1. The number of aliphatic hydroxyl groups is 1. The molecular weight excluding hydrogens is 182 g/mol. The highest BCUT2D eigenvalue weighted by molar-refractivity contribution is 7.98. The van der Waals surface area contributed by atoms with Crippen molar-refractivity contribution < 1.29 is 5.11 Å². The van der Waals surface area contributed by atoms with Crippen molar-refractivity contribution in [1.82, 2.24) is 5.32 Å². The molecule has 1 atom stereocenters. The summed E-state index contributed by atoms with van der Waals surface area (Å²) in [7, 11) is 0. The monoisotopic (exact) mass is 205 g/mol. The molecule has 0 heterocycles. The average Bonchev–Trinajstić information content (AvgIpc) is 2.13. The van der Waals surface area contributed by atoms with Gasteiger partial charge in [-0.1, -0.05) is 13.3 Å². The molecular formula is C10H23NOS. The van der Waals surface area contributed by atoms with Crippen LogP contribution in [-0.2, 0) is 0 Å². The lowest BCUT2D eigenvalue weighted by Crippen LogP contribution is -2.25. The Labute approximate surface area is 86.5 Å². The molecule has 0 aromatic heterocycles. The van der Waals surface area contributed by atoms with Gasteiger partial charge in [-0.25, -0.2) is 0 Å². The zero-order valence-corrected chi connectivity index (χ0v) is 9.70. The van der Waals surface area contributed by atoms with E-state index in [1.165, 1.54) is 18.6 Å². The van der Waals surface area contributed by atoms with Crippen molar-refractivity contribution in [3.63, 3.8) is 0 Å². The smallest absolute Gasteiger partial charge is 0.0434 e. The Morgan fingerprint density at radius 3 is 2.69 bits per heavy atom. The summed E-state index contributed by atoms with van der Waals surface area (Å²) in [6, 6.07) is 0. The fourth-order valence-corrected chi connectivity index (χ4v) is 1.77. The first kappa shape index (κ1) is 13.3. The van der Waals surface area contributed by atoms with Gasteiger partial charge in [-0.05, 0) is 31.6 Å². The summed E-state index contributed by atoms with van der Waals surface area (Å²) in [6.45, 7) is 4.68. The number of nitrogens with one attached hydrogen (secondary N) is 1. The van der Waals surface area contributed by atoms with Crippen molar-refractivity contribution in [2.75, 3.05) is 31.7 Å². The topological polar surface area (TPSA) is 32.3 Å². The maximum absolute atomic E-state index is 8.83. The van der Waals surface area contributed by atoms with Crippen molar-refractivity contribution >= 4 is 11.8 Å². The summed E-state index contributed by atoms with van der Waals surface area (Å²) in [5.74, 6) is 1.84. The minimum absolute atomic E-state index is 0.328. The third-order valence-corrected chi connectivity index (χ3v) is 2.76. The van der Waals surface area contributed by atoms with E-state index in [4.69, 9.17) is 5.11 Å². The van der Waals surface area contributed by atoms with Crippen LogP contribution >= 0.6 is 11.8 Å². The first-order valence-electron chi connectivity index (χ1n) is 5.15. The van der Waals surface area contributed by atoms with Gasteiger partial charge in [0.25, 0.3) is 0 Å². The molecule has 0 aliphatic rings. The molecule has 1 unspecified atom stereocenters. The van der Waals surface area contributed by atoms with Crippen molar-refractivity contribution in [1.29, 1.82) is 0 Å². The van der Waals surface area contributed by atoms with E-state index in [1.807, 2.05) is 11.8 Å². The molecule has 0 bridgehead atoms. The number of thioether (sulfide) groups is 1. The Balaban J connectivity index is 3.33. The molecule has 0 radical (unpaired) electrons. The van der Waals surface area contributed by atoms with Gasteiger partial charge in [0.05, 0.1) is 0 Å². The first-order chi connectivity index (χ1) is 6.35. The van der Waals surface area contributed by atoms with Crippen LogP contribution in [0.2, 0.25) is 0 Å². The van der Waals surface area contributed by atoms with Gasteiger partial charge in [0.15, 0.2) is 0 Å². The van der Waals surface area contributed by atoms with Gasteiger partial charge in [-0.3, -0.25) is 0 Å². The van der Waals surface area contributed by atoms with Crippen LogP contribution in [0.1, 0.15) is 26.2 Å². The molecule has 0 aliphatic heterocycles. The molecule has 0 fully saturated rings. The lowest BCUT2D eigenvalue weighted by Gasteiger charge is -2.15. The van der Waals surface area contributed by atoms with Crippen molar-refractivity contribution in [3.05, 3.63) is 0 Å². The molecule has 0 aliphatic carbocycles.